The van der Waals surface area contributed by atoms with Crippen molar-refractivity contribution in [1.82, 2.24) is 4.98 Å². The van der Waals surface area contributed by atoms with Gasteiger partial charge in [-0.1, -0.05) is 29.3 Å². The number of hydrogen-bond acceptors (Lipinski definition) is 3. The summed E-state index contributed by atoms with van der Waals surface area (Å²) in [5, 5.41) is 8.43. The fourth-order valence-corrected chi connectivity index (χ4v) is 2.08. The Balaban J connectivity index is 2.17. The lowest BCUT2D eigenvalue weighted by atomic mass is 10.1. The molecular formula is C14H11Cl2FN4. The number of rotatable bonds is 4. The van der Waals surface area contributed by atoms with Crippen LogP contribution in [-0.2, 0) is 0 Å². The van der Waals surface area contributed by atoms with E-state index in [0.717, 1.165) is 0 Å². The Morgan fingerprint density at radius 1 is 1.29 bits per heavy atom. The van der Waals surface area contributed by atoms with Crippen LogP contribution in [0.25, 0.3) is 0 Å². The highest BCUT2D eigenvalue weighted by Crippen LogP contribution is 2.21. The predicted molar refractivity (Wildman–Crippen MR) is 83.4 cm³/mol. The van der Waals surface area contributed by atoms with E-state index >= 15 is 0 Å². The quantitative estimate of drug-likeness (QED) is 0.507. The van der Waals surface area contributed by atoms with Crippen LogP contribution in [0.5, 0.6) is 0 Å². The van der Waals surface area contributed by atoms with Gasteiger partial charge in [0, 0.05) is 6.42 Å². The summed E-state index contributed by atoms with van der Waals surface area (Å²) in [5.74, 6) is -0.406. The summed E-state index contributed by atoms with van der Waals surface area (Å²) < 4.78 is 13.7. The molecule has 0 saturated carbocycles. The fraction of sp³-hybridized carbons (Fsp3) is 0.0714. The highest BCUT2D eigenvalue weighted by Gasteiger charge is 2.13. The van der Waals surface area contributed by atoms with Gasteiger partial charge in [0.1, 0.15) is 16.8 Å². The number of benzene rings is 1. The van der Waals surface area contributed by atoms with Gasteiger partial charge in [-0.05, 0) is 24.3 Å². The van der Waals surface area contributed by atoms with E-state index in [1.807, 2.05) is 0 Å². The minimum absolute atomic E-state index is 0.0245. The van der Waals surface area contributed by atoms with Crippen molar-refractivity contribution < 1.29 is 4.39 Å². The molecule has 0 aliphatic rings. The number of aromatic nitrogens is 1. The van der Waals surface area contributed by atoms with Gasteiger partial charge in [-0.3, -0.25) is 0 Å². The molecule has 0 fully saturated rings. The van der Waals surface area contributed by atoms with Gasteiger partial charge in [-0.25, -0.2) is 14.4 Å². The van der Waals surface area contributed by atoms with Gasteiger partial charge in [0.05, 0.1) is 28.2 Å². The van der Waals surface area contributed by atoms with Crippen LogP contribution in [-0.4, -0.2) is 16.5 Å². The van der Waals surface area contributed by atoms with E-state index in [4.69, 9.17) is 34.3 Å². The Morgan fingerprint density at radius 3 is 2.67 bits per heavy atom. The summed E-state index contributed by atoms with van der Waals surface area (Å²) in [6.07, 6.45) is 1.43. The number of nitrogens with two attached hydrogens (primary N) is 1. The first-order chi connectivity index (χ1) is 9.97. The highest BCUT2D eigenvalue weighted by atomic mass is 35.5. The number of nitrogens with zero attached hydrogens (tertiary/aromatic N) is 2. The highest BCUT2D eigenvalue weighted by molar-refractivity contribution is 6.34. The molecule has 0 unspecified atom stereocenters. The summed E-state index contributed by atoms with van der Waals surface area (Å²) in [6.45, 7) is 0. The topological polar surface area (TPSA) is 75.1 Å². The second kappa shape index (κ2) is 6.65. The van der Waals surface area contributed by atoms with Crippen molar-refractivity contribution in [2.24, 2.45) is 10.7 Å². The predicted octanol–water partition coefficient (Wildman–Crippen LogP) is 3.97. The van der Waals surface area contributed by atoms with Gasteiger partial charge in [0.2, 0.25) is 0 Å². The number of nitrogens with one attached hydrogen (secondary N) is 1. The molecule has 0 aliphatic carbocycles. The minimum atomic E-state index is -0.562. The molecule has 0 spiro atoms. The SMILES string of the molecule is N=C(CC(N)=Nc1ccc(Cl)nc1)c1c(F)cccc1Cl. The van der Waals surface area contributed by atoms with E-state index in [1.165, 1.54) is 24.4 Å². The third-order valence-electron chi connectivity index (χ3n) is 2.61. The maximum atomic E-state index is 13.7. The van der Waals surface area contributed by atoms with Crippen LogP contribution < -0.4 is 5.73 Å². The van der Waals surface area contributed by atoms with E-state index in [0.29, 0.717) is 10.8 Å². The van der Waals surface area contributed by atoms with E-state index in [-0.39, 0.29) is 28.6 Å². The molecule has 0 amide bonds. The summed E-state index contributed by atoms with van der Waals surface area (Å²) in [7, 11) is 0. The number of halogens is 3. The molecule has 0 bridgehead atoms. The maximum absolute atomic E-state index is 13.7. The summed E-state index contributed by atoms with van der Waals surface area (Å²) >= 11 is 11.6. The first-order valence-corrected chi connectivity index (χ1v) is 6.69. The zero-order chi connectivity index (χ0) is 15.4. The third-order valence-corrected chi connectivity index (χ3v) is 3.15. The lowest BCUT2D eigenvalue weighted by Gasteiger charge is -2.07. The fourth-order valence-electron chi connectivity index (χ4n) is 1.70. The van der Waals surface area contributed by atoms with Gasteiger partial charge in [0.15, 0.2) is 0 Å². The first-order valence-electron chi connectivity index (χ1n) is 5.94. The van der Waals surface area contributed by atoms with Crippen molar-refractivity contribution in [1.29, 1.82) is 5.41 Å². The van der Waals surface area contributed by atoms with E-state index in [9.17, 15) is 4.39 Å². The molecule has 2 rings (SSSR count). The smallest absolute Gasteiger partial charge is 0.133 e. The summed E-state index contributed by atoms with van der Waals surface area (Å²) in [4.78, 5) is 7.96. The van der Waals surface area contributed by atoms with E-state index in [1.54, 1.807) is 12.1 Å². The number of amidine groups is 1. The van der Waals surface area contributed by atoms with Gasteiger partial charge < -0.3 is 11.1 Å². The third kappa shape index (κ3) is 4.00. The Labute approximate surface area is 130 Å². The lowest BCUT2D eigenvalue weighted by Crippen LogP contribution is -2.18. The lowest BCUT2D eigenvalue weighted by molar-refractivity contribution is 0.625. The second-order valence-corrected chi connectivity index (χ2v) is 4.99. The molecule has 7 heteroatoms. The van der Waals surface area contributed by atoms with Crippen LogP contribution in [0.4, 0.5) is 10.1 Å². The largest absolute Gasteiger partial charge is 0.387 e. The number of aliphatic imine (C=N–C) groups is 1. The molecule has 0 saturated heterocycles. The number of pyridine rings is 1. The Bertz CT molecular complexity index is 678. The van der Waals surface area contributed by atoms with Crippen molar-refractivity contribution in [3.8, 4) is 0 Å². The minimum Gasteiger partial charge on any atom is -0.387 e. The van der Waals surface area contributed by atoms with Crippen LogP contribution in [0.2, 0.25) is 10.2 Å². The van der Waals surface area contributed by atoms with Gasteiger partial charge >= 0.3 is 0 Å². The molecular weight excluding hydrogens is 314 g/mol. The normalized spacial score (nSPS) is 11.5. The first kappa shape index (κ1) is 15.4. The molecule has 21 heavy (non-hydrogen) atoms. The van der Waals surface area contributed by atoms with Crippen molar-refractivity contribution in [3.63, 3.8) is 0 Å². The molecule has 1 aromatic heterocycles. The molecule has 0 radical (unpaired) electrons. The zero-order valence-corrected chi connectivity index (χ0v) is 12.3. The van der Waals surface area contributed by atoms with Crippen LogP contribution in [0.3, 0.4) is 0 Å². The Morgan fingerprint density at radius 2 is 2.05 bits per heavy atom. The van der Waals surface area contributed by atoms with Gasteiger partial charge in [-0.15, -0.1) is 0 Å². The molecule has 0 aliphatic heterocycles. The van der Waals surface area contributed by atoms with Crippen LogP contribution in [0.15, 0.2) is 41.5 Å². The second-order valence-electron chi connectivity index (χ2n) is 4.19. The maximum Gasteiger partial charge on any atom is 0.133 e. The molecule has 1 heterocycles. The van der Waals surface area contributed by atoms with Crippen molar-refractivity contribution in [2.45, 2.75) is 6.42 Å². The number of hydrogen-bond donors (Lipinski definition) is 2. The van der Waals surface area contributed by atoms with Gasteiger partial charge in [-0.2, -0.15) is 0 Å². The van der Waals surface area contributed by atoms with Crippen molar-refractivity contribution in [2.75, 3.05) is 0 Å². The van der Waals surface area contributed by atoms with Crippen LogP contribution in [0, 0.1) is 11.2 Å². The Kier molecular flexibility index (Phi) is 4.88. The summed E-state index contributed by atoms with van der Waals surface area (Å²) in [6, 6.07) is 7.46. The molecule has 2 aromatic rings. The van der Waals surface area contributed by atoms with E-state index in [2.05, 4.69) is 9.98 Å². The van der Waals surface area contributed by atoms with Crippen LogP contribution >= 0.6 is 23.2 Å². The molecule has 0 atom stereocenters. The average Bonchev–Trinajstić information content (AvgIpc) is 2.41. The standard InChI is InChI=1S/C14H11Cl2FN4/c15-9-2-1-3-10(17)14(9)11(18)6-13(19)21-8-4-5-12(16)20-7-8/h1-5,7,18H,6H2,(H2,19,21). The van der Waals surface area contributed by atoms with E-state index < -0.39 is 5.82 Å². The average molecular weight is 325 g/mol. The van der Waals surface area contributed by atoms with Crippen molar-refractivity contribution in [3.05, 3.63) is 58.1 Å². The van der Waals surface area contributed by atoms with Gasteiger partial charge in [0.25, 0.3) is 0 Å². The summed E-state index contributed by atoms with van der Waals surface area (Å²) in [5.41, 5.74) is 6.26. The molecule has 1 aromatic carbocycles. The molecule has 3 N–H and O–H groups in total. The Hall–Kier alpha value is -1.98. The van der Waals surface area contributed by atoms with Crippen LogP contribution in [0.1, 0.15) is 12.0 Å². The monoisotopic (exact) mass is 324 g/mol. The zero-order valence-electron chi connectivity index (χ0n) is 10.8. The van der Waals surface area contributed by atoms with Crippen molar-refractivity contribution >= 4 is 40.4 Å². The molecule has 108 valence electrons. The molecule has 4 nitrogen and oxygen atoms in total.